The van der Waals surface area contributed by atoms with Gasteiger partial charge in [-0.3, -0.25) is 4.98 Å². The second-order valence-electron chi connectivity index (χ2n) is 4.69. The number of aromatic nitrogens is 2. The molecule has 2 N–H and O–H groups in total. The normalized spacial score (nSPS) is 10.2. The van der Waals surface area contributed by atoms with Gasteiger partial charge in [0.05, 0.1) is 25.2 Å². The second-order valence-corrected chi connectivity index (χ2v) is 4.69. The molecule has 0 spiro atoms. The molecule has 0 aliphatic carbocycles. The van der Waals surface area contributed by atoms with Crippen molar-refractivity contribution in [2.75, 3.05) is 12.4 Å². The number of nitrogens with zero attached hydrogens (tertiary/aromatic N) is 2. The van der Waals surface area contributed by atoms with Gasteiger partial charge in [0.15, 0.2) is 0 Å². The van der Waals surface area contributed by atoms with Crippen LogP contribution in [0.4, 0.5) is 11.5 Å². The second kappa shape index (κ2) is 6.13. The molecule has 110 valence electrons. The average Bonchev–Trinajstić information content (AvgIpc) is 2.56. The molecule has 0 fully saturated rings. The molecule has 0 aliphatic rings. The summed E-state index contributed by atoms with van der Waals surface area (Å²) in [5.74, 6) is 1.63. The van der Waals surface area contributed by atoms with Crippen LogP contribution in [0, 0.1) is 0 Å². The highest BCUT2D eigenvalue weighted by Gasteiger charge is 2.03. The molecule has 0 saturated carbocycles. The molecule has 1 aromatic heterocycles. The topological polar surface area (TPSA) is 67.3 Å². The predicted molar refractivity (Wildman–Crippen MR) is 85.4 cm³/mol. The molecule has 0 radical (unpaired) electrons. The monoisotopic (exact) mass is 293 g/mol. The van der Waals surface area contributed by atoms with E-state index in [1.54, 1.807) is 43.8 Å². The zero-order chi connectivity index (χ0) is 15.4. The molecule has 5 nitrogen and oxygen atoms in total. The zero-order valence-electron chi connectivity index (χ0n) is 12.0. The van der Waals surface area contributed by atoms with Gasteiger partial charge in [-0.1, -0.05) is 6.07 Å². The molecular formula is C17H15N3O2. The summed E-state index contributed by atoms with van der Waals surface area (Å²) in [4.78, 5) is 8.73. The van der Waals surface area contributed by atoms with Gasteiger partial charge in [0.2, 0.25) is 0 Å². The maximum absolute atomic E-state index is 9.34. The summed E-state index contributed by atoms with van der Waals surface area (Å²) in [5, 5.41) is 12.5. The lowest BCUT2D eigenvalue weighted by atomic mass is 10.1. The third kappa shape index (κ3) is 3.15. The predicted octanol–water partition coefficient (Wildman–Crippen LogP) is 3.60. The van der Waals surface area contributed by atoms with E-state index in [2.05, 4.69) is 15.3 Å². The van der Waals surface area contributed by atoms with E-state index in [0.29, 0.717) is 5.82 Å². The average molecular weight is 293 g/mol. The van der Waals surface area contributed by atoms with E-state index in [0.717, 1.165) is 22.7 Å². The van der Waals surface area contributed by atoms with Crippen molar-refractivity contribution in [1.29, 1.82) is 0 Å². The van der Waals surface area contributed by atoms with E-state index in [1.807, 2.05) is 24.3 Å². The van der Waals surface area contributed by atoms with E-state index in [4.69, 9.17) is 4.74 Å². The third-order valence-corrected chi connectivity index (χ3v) is 3.14. The standard InChI is InChI=1S/C17H15N3O2/c1-22-15-4-2-3-13(9-15)19-17-11-18-10-16(20-17)12-5-7-14(21)8-6-12/h2-11,21H,1H3,(H,19,20). The van der Waals surface area contributed by atoms with Crippen LogP contribution in [0.2, 0.25) is 0 Å². The number of hydrogen-bond acceptors (Lipinski definition) is 5. The third-order valence-electron chi connectivity index (χ3n) is 3.14. The Kier molecular flexibility index (Phi) is 3.87. The lowest BCUT2D eigenvalue weighted by molar-refractivity contribution is 0.415. The number of phenolic OH excluding ortho intramolecular Hbond substituents is 1. The van der Waals surface area contributed by atoms with Gasteiger partial charge in [0.25, 0.3) is 0 Å². The molecule has 0 aliphatic heterocycles. The Hall–Kier alpha value is -3.08. The summed E-state index contributed by atoms with van der Waals surface area (Å²) in [7, 11) is 1.63. The fourth-order valence-corrected chi connectivity index (χ4v) is 2.05. The summed E-state index contributed by atoms with van der Waals surface area (Å²) in [6.45, 7) is 0. The smallest absolute Gasteiger partial charge is 0.149 e. The summed E-state index contributed by atoms with van der Waals surface area (Å²) in [6.07, 6.45) is 3.34. The fraction of sp³-hybridized carbons (Fsp3) is 0.0588. The SMILES string of the molecule is COc1cccc(Nc2cncc(-c3ccc(O)cc3)n2)c1. The fourth-order valence-electron chi connectivity index (χ4n) is 2.05. The Labute approximate surface area is 128 Å². The summed E-state index contributed by atoms with van der Waals surface area (Å²) in [6, 6.07) is 14.4. The molecule has 3 aromatic rings. The maximum Gasteiger partial charge on any atom is 0.149 e. The van der Waals surface area contributed by atoms with Crippen molar-refractivity contribution in [2.45, 2.75) is 0 Å². The van der Waals surface area contributed by atoms with Gasteiger partial charge in [-0.25, -0.2) is 4.98 Å². The maximum atomic E-state index is 9.34. The van der Waals surface area contributed by atoms with Crippen molar-refractivity contribution in [1.82, 2.24) is 9.97 Å². The zero-order valence-corrected chi connectivity index (χ0v) is 12.0. The van der Waals surface area contributed by atoms with Crippen LogP contribution in [0.15, 0.2) is 60.9 Å². The van der Waals surface area contributed by atoms with E-state index in [-0.39, 0.29) is 5.75 Å². The minimum absolute atomic E-state index is 0.224. The number of nitrogens with one attached hydrogen (secondary N) is 1. The number of aromatic hydroxyl groups is 1. The van der Waals surface area contributed by atoms with Crippen LogP contribution in [0.3, 0.4) is 0 Å². The van der Waals surface area contributed by atoms with Gasteiger partial charge < -0.3 is 15.2 Å². The molecule has 1 heterocycles. The van der Waals surface area contributed by atoms with Crippen molar-refractivity contribution in [3.8, 4) is 22.8 Å². The number of hydrogen-bond donors (Lipinski definition) is 2. The first-order valence-corrected chi connectivity index (χ1v) is 6.77. The first-order chi connectivity index (χ1) is 10.7. The highest BCUT2D eigenvalue weighted by atomic mass is 16.5. The van der Waals surface area contributed by atoms with Crippen molar-refractivity contribution in [3.05, 3.63) is 60.9 Å². The van der Waals surface area contributed by atoms with Gasteiger partial charge >= 0.3 is 0 Å². The highest BCUT2D eigenvalue weighted by molar-refractivity contribution is 5.63. The van der Waals surface area contributed by atoms with Crippen molar-refractivity contribution >= 4 is 11.5 Å². The molecule has 22 heavy (non-hydrogen) atoms. The van der Waals surface area contributed by atoms with E-state index < -0.39 is 0 Å². The minimum Gasteiger partial charge on any atom is -0.508 e. The van der Waals surface area contributed by atoms with E-state index in [9.17, 15) is 5.11 Å². The summed E-state index contributed by atoms with van der Waals surface area (Å²) < 4.78 is 5.20. The van der Waals surface area contributed by atoms with E-state index in [1.165, 1.54) is 0 Å². The van der Waals surface area contributed by atoms with Crippen LogP contribution in [-0.2, 0) is 0 Å². The number of rotatable bonds is 4. The van der Waals surface area contributed by atoms with Crippen LogP contribution in [-0.4, -0.2) is 22.2 Å². The molecule has 2 aromatic carbocycles. The first-order valence-electron chi connectivity index (χ1n) is 6.77. The first kappa shape index (κ1) is 13.9. The molecule has 0 amide bonds. The Morgan fingerprint density at radius 2 is 1.86 bits per heavy atom. The van der Waals surface area contributed by atoms with Crippen LogP contribution in [0.5, 0.6) is 11.5 Å². The molecule has 3 rings (SSSR count). The van der Waals surface area contributed by atoms with Gasteiger partial charge in [-0.2, -0.15) is 0 Å². The Balaban J connectivity index is 1.86. The van der Waals surface area contributed by atoms with Crippen LogP contribution in [0.25, 0.3) is 11.3 Å². The molecule has 0 atom stereocenters. The van der Waals surface area contributed by atoms with E-state index >= 15 is 0 Å². The Morgan fingerprint density at radius 3 is 2.64 bits per heavy atom. The van der Waals surface area contributed by atoms with Crippen LogP contribution < -0.4 is 10.1 Å². The number of phenols is 1. The Morgan fingerprint density at radius 1 is 1.05 bits per heavy atom. The molecule has 5 heteroatoms. The van der Waals surface area contributed by atoms with Gasteiger partial charge in [0.1, 0.15) is 17.3 Å². The number of anilines is 2. The summed E-state index contributed by atoms with van der Waals surface area (Å²) >= 11 is 0. The number of methoxy groups -OCH3 is 1. The molecule has 0 unspecified atom stereocenters. The highest BCUT2D eigenvalue weighted by Crippen LogP contribution is 2.23. The number of ether oxygens (including phenoxy) is 1. The summed E-state index contributed by atoms with van der Waals surface area (Å²) in [5.41, 5.74) is 2.49. The molecule has 0 saturated heterocycles. The van der Waals surface area contributed by atoms with Crippen LogP contribution in [0.1, 0.15) is 0 Å². The van der Waals surface area contributed by atoms with Crippen molar-refractivity contribution in [2.24, 2.45) is 0 Å². The lowest BCUT2D eigenvalue weighted by Crippen LogP contribution is -1.96. The quantitative estimate of drug-likeness (QED) is 0.769. The van der Waals surface area contributed by atoms with Gasteiger partial charge in [-0.15, -0.1) is 0 Å². The molecular weight excluding hydrogens is 278 g/mol. The molecule has 0 bridgehead atoms. The van der Waals surface area contributed by atoms with Crippen molar-refractivity contribution < 1.29 is 9.84 Å². The largest absolute Gasteiger partial charge is 0.508 e. The van der Waals surface area contributed by atoms with Crippen molar-refractivity contribution in [3.63, 3.8) is 0 Å². The minimum atomic E-state index is 0.224. The number of benzene rings is 2. The lowest BCUT2D eigenvalue weighted by Gasteiger charge is -2.08. The Bertz CT molecular complexity index is 773. The van der Waals surface area contributed by atoms with Gasteiger partial charge in [-0.05, 0) is 36.4 Å². The van der Waals surface area contributed by atoms with Crippen LogP contribution >= 0.6 is 0 Å². The van der Waals surface area contributed by atoms with Gasteiger partial charge in [0, 0.05) is 17.3 Å².